The molecule has 0 saturated carbocycles. The Balaban J connectivity index is 1.29. The van der Waals surface area contributed by atoms with Gasteiger partial charge >= 0.3 is 6.09 Å². The lowest BCUT2D eigenvalue weighted by Gasteiger charge is -2.32. The molecule has 2 unspecified atom stereocenters. The number of amides is 2. The number of fused-ring (bicyclic) bond motifs is 3. The third-order valence-electron chi connectivity index (χ3n) is 7.80. The summed E-state index contributed by atoms with van der Waals surface area (Å²) in [5.74, 6) is -0.155. The van der Waals surface area contributed by atoms with Crippen molar-refractivity contribution in [1.82, 2.24) is 10.2 Å². The van der Waals surface area contributed by atoms with Gasteiger partial charge in [0.15, 0.2) is 0 Å². The van der Waals surface area contributed by atoms with Gasteiger partial charge in [0.25, 0.3) is 0 Å². The zero-order valence-corrected chi connectivity index (χ0v) is 25.6. The zero-order chi connectivity index (χ0) is 30.2. The van der Waals surface area contributed by atoms with Crippen molar-refractivity contribution in [2.75, 3.05) is 6.61 Å². The van der Waals surface area contributed by atoms with Crippen LogP contribution < -0.4 is 5.32 Å². The van der Waals surface area contributed by atoms with Gasteiger partial charge in [-0.15, -0.1) is 13.2 Å². The summed E-state index contributed by atoms with van der Waals surface area (Å²) in [7, 11) is 0. The smallest absolute Gasteiger partial charge is 0.407 e. The number of halogens is 1. The molecule has 0 aromatic heterocycles. The highest BCUT2D eigenvalue weighted by Gasteiger charge is 2.30. The van der Waals surface area contributed by atoms with E-state index in [-0.39, 0.29) is 30.9 Å². The van der Waals surface area contributed by atoms with E-state index in [9.17, 15) is 9.59 Å². The highest BCUT2D eigenvalue weighted by molar-refractivity contribution is 9.10. The first-order valence-electron chi connectivity index (χ1n) is 14.4. The Morgan fingerprint density at radius 2 is 1.53 bits per heavy atom. The van der Waals surface area contributed by atoms with Gasteiger partial charge in [-0.3, -0.25) is 4.79 Å². The van der Waals surface area contributed by atoms with Crippen molar-refractivity contribution >= 4 is 27.9 Å². The van der Waals surface area contributed by atoms with Crippen LogP contribution in [0.15, 0.2) is 133 Å². The molecule has 1 aliphatic rings. The maximum absolute atomic E-state index is 14.0. The van der Waals surface area contributed by atoms with Gasteiger partial charge in [-0.1, -0.05) is 119 Å². The Labute approximate surface area is 262 Å². The Morgan fingerprint density at radius 1 is 0.884 bits per heavy atom. The molecule has 5 nitrogen and oxygen atoms in total. The highest BCUT2D eigenvalue weighted by atomic mass is 79.9. The number of hydrogen-bond acceptors (Lipinski definition) is 3. The molecule has 2 amide bonds. The van der Waals surface area contributed by atoms with Crippen LogP contribution in [-0.4, -0.2) is 29.5 Å². The number of benzene rings is 4. The van der Waals surface area contributed by atoms with Crippen LogP contribution in [0.4, 0.5) is 4.79 Å². The van der Waals surface area contributed by atoms with Crippen LogP contribution in [0.2, 0.25) is 0 Å². The maximum atomic E-state index is 14.0. The van der Waals surface area contributed by atoms with E-state index in [1.54, 1.807) is 17.1 Å². The normalized spacial score (nSPS) is 13.2. The van der Waals surface area contributed by atoms with Crippen molar-refractivity contribution < 1.29 is 14.3 Å². The molecule has 6 heteroatoms. The third-order valence-corrected chi connectivity index (χ3v) is 8.30. The van der Waals surface area contributed by atoms with Crippen molar-refractivity contribution in [1.29, 1.82) is 0 Å². The number of ether oxygens (including phenoxy) is 1. The number of hydrogen-bond donors (Lipinski definition) is 1. The van der Waals surface area contributed by atoms with E-state index in [2.05, 4.69) is 58.7 Å². The molecular weight excluding hydrogens is 600 g/mol. The second-order valence-electron chi connectivity index (χ2n) is 10.6. The van der Waals surface area contributed by atoms with Gasteiger partial charge in [-0.2, -0.15) is 0 Å². The predicted molar refractivity (Wildman–Crippen MR) is 175 cm³/mol. The molecule has 5 rings (SSSR count). The molecule has 4 aromatic carbocycles. The quantitative estimate of drug-likeness (QED) is 0.159. The molecule has 0 spiro atoms. The molecule has 1 aliphatic carbocycles. The Kier molecular flexibility index (Phi) is 9.90. The number of rotatable bonds is 12. The molecule has 0 saturated heterocycles. The first-order chi connectivity index (χ1) is 21.0. The van der Waals surface area contributed by atoms with Crippen molar-refractivity contribution in [2.45, 2.75) is 37.4 Å². The number of alkyl carbamates (subject to hydrolysis) is 1. The molecule has 2 atom stereocenters. The SMILES string of the molecule is C=CCC(CC(=O)N(Cc1ccccc1)C(C=C)c1cccc(Br)c1)NC(=O)OCC1c2ccccc2-c2ccccc21. The average molecular weight is 636 g/mol. The number of carbonyl (C=O) groups is 2. The lowest BCUT2D eigenvalue weighted by Crippen LogP contribution is -2.41. The van der Waals surface area contributed by atoms with E-state index in [0.717, 1.165) is 26.7 Å². The lowest BCUT2D eigenvalue weighted by molar-refractivity contribution is -0.134. The first kappa shape index (κ1) is 30.1. The largest absolute Gasteiger partial charge is 0.449 e. The van der Waals surface area contributed by atoms with Crippen LogP contribution >= 0.6 is 15.9 Å². The lowest BCUT2D eigenvalue weighted by atomic mass is 9.98. The molecule has 0 aliphatic heterocycles. The minimum Gasteiger partial charge on any atom is -0.449 e. The van der Waals surface area contributed by atoms with Gasteiger partial charge in [-0.05, 0) is 51.9 Å². The summed E-state index contributed by atoms with van der Waals surface area (Å²) >= 11 is 3.55. The second-order valence-corrected chi connectivity index (χ2v) is 11.6. The Morgan fingerprint density at radius 3 is 2.16 bits per heavy atom. The summed E-state index contributed by atoms with van der Waals surface area (Å²) in [6, 6.07) is 33.3. The van der Waals surface area contributed by atoms with Crippen LogP contribution in [0, 0.1) is 0 Å². The summed E-state index contributed by atoms with van der Waals surface area (Å²) in [6.45, 7) is 8.51. The van der Waals surface area contributed by atoms with Gasteiger partial charge in [0.05, 0.1) is 6.04 Å². The van der Waals surface area contributed by atoms with E-state index >= 15 is 0 Å². The fourth-order valence-electron chi connectivity index (χ4n) is 5.78. The van der Waals surface area contributed by atoms with Crippen molar-refractivity contribution in [3.05, 3.63) is 155 Å². The van der Waals surface area contributed by atoms with Crippen LogP contribution in [0.5, 0.6) is 0 Å². The van der Waals surface area contributed by atoms with Gasteiger partial charge in [0.2, 0.25) is 5.91 Å². The molecule has 1 N–H and O–H groups in total. The van der Waals surface area contributed by atoms with Gasteiger partial charge < -0.3 is 15.0 Å². The molecule has 218 valence electrons. The molecule has 43 heavy (non-hydrogen) atoms. The van der Waals surface area contributed by atoms with E-state index in [1.807, 2.05) is 78.9 Å². The van der Waals surface area contributed by atoms with Crippen LogP contribution in [-0.2, 0) is 16.1 Å². The summed E-state index contributed by atoms with van der Waals surface area (Å²) in [5.41, 5.74) is 6.58. The van der Waals surface area contributed by atoms with Crippen LogP contribution in [0.3, 0.4) is 0 Å². The van der Waals surface area contributed by atoms with E-state index in [1.165, 1.54) is 11.1 Å². The third kappa shape index (κ3) is 7.15. The Bertz CT molecular complexity index is 1560. The molecule has 0 bridgehead atoms. The minimum atomic E-state index is -0.552. The average Bonchev–Trinajstić information content (AvgIpc) is 3.34. The summed E-state index contributed by atoms with van der Waals surface area (Å²) in [5, 5.41) is 2.93. The fourth-order valence-corrected chi connectivity index (χ4v) is 6.20. The van der Waals surface area contributed by atoms with Gasteiger partial charge in [0, 0.05) is 29.4 Å². The molecular formula is C37H35BrN2O3. The molecule has 0 fully saturated rings. The predicted octanol–water partition coefficient (Wildman–Crippen LogP) is 8.58. The standard InChI is InChI=1S/C37H35BrN2O3/c1-3-13-29(39-37(42)43-25-34-32-20-10-8-18-30(32)31-19-9-11-21-33(31)34)23-36(41)40(24-26-14-6-5-7-15-26)35(4-2)27-16-12-17-28(38)22-27/h3-12,14-22,29,34-35H,1-2,13,23-25H2,(H,39,42). The van der Waals surface area contributed by atoms with Gasteiger partial charge in [0.1, 0.15) is 6.61 Å². The fraction of sp³-hybridized carbons (Fsp3) is 0.189. The molecule has 0 radical (unpaired) electrons. The molecule has 4 aromatic rings. The topological polar surface area (TPSA) is 58.6 Å². The second kappa shape index (κ2) is 14.2. The molecule has 0 heterocycles. The maximum Gasteiger partial charge on any atom is 0.407 e. The summed E-state index contributed by atoms with van der Waals surface area (Å²) in [4.78, 5) is 28.8. The first-order valence-corrected chi connectivity index (χ1v) is 15.2. The highest BCUT2D eigenvalue weighted by Crippen LogP contribution is 2.44. The number of nitrogens with one attached hydrogen (secondary N) is 1. The van der Waals surface area contributed by atoms with Crippen LogP contribution in [0.25, 0.3) is 11.1 Å². The van der Waals surface area contributed by atoms with E-state index < -0.39 is 12.1 Å². The zero-order valence-electron chi connectivity index (χ0n) is 24.0. The summed E-state index contributed by atoms with van der Waals surface area (Å²) in [6.07, 6.45) is 3.45. The van der Waals surface area contributed by atoms with Gasteiger partial charge in [-0.25, -0.2) is 4.79 Å². The van der Waals surface area contributed by atoms with Crippen LogP contribution in [0.1, 0.15) is 47.1 Å². The van der Waals surface area contributed by atoms with Crippen molar-refractivity contribution in [2.24, 2.45) is 0 Å². The van der Waals surface area contributed by atoms with E-state index in [4.69, 9.17) is 4.74 Å². The van der Waals surface area contributed by atoms with Crippen molar-refractivity contribution in [3.8, 4) is 11.1 Å². The van der Waals surface area contributed by atoms with E-state index in [0.29, 0.717) is 13.0 Å². The summed E-state index contributed by atoms with van der Waals surface area (Å²) < 4.78 is 6.70. The van der Waals surface area contributed by atoms with Crippen molar-refractivity contribution in [3.63, 3.8) is 0 Å². The minimum absolute atomic E-state index is 0.0439. The Hall–Kier alpha value is -4.42. The monoisotopic (exact) mass is 634 g/mol. The number of nitrogens with zero attached hydrogens (tertiary/aromatic N) is 1. The number of carbonyl (C=O) groups excluding carboxylic acids is 2.